The Hall–Kier alpha value is -1.16. The van der Waals surface area contributed by atoms with E-state index in [9.17, 15) is 9.28 Å². The fourth-order valence-corrected chi connectivity index (χ4v) is 10.2. The molecule has 392 valence electrons. The first-order valence-electron chi connectivity index (χ1n) is 30.2. The van der Waals surface area contributed by atoms with Gasteiger partial charge in [-0.05, 0) is 110 Å². The van der Waals surface area contributed by atoms with Crippen LogP contribution in [-0.2, 0) is 4.79 Å². The van der Waals surface area contributed by atoms with E-state index in [2.05, 4.69) is 44.7 Å². The molecule has 0 radical (unpaired) electrons. The van der Waals surface area contributed by atoms with Crippen LogP contribution in [0.4, 0.5) is 4.48 Å². The maximum absolute atomic E-state index is 14.8. The largest absolute Gasteiger partial charge is 0.309 e. The molecule has 0 aliphatic rings. The zero-order valence-electron chi connectivity index (χ0n) is 46.4. The first-order valence-corrected chi connectivity index (χ1v) is 30.2. The predicted octanol–water partition coefficient (Wildman–Crippen LogP) is 21.4. The molecule has 0 saturated heterocycles. The summed E-state index contributed by atoms with van der Waals surface area (Å²) in [7, 11) is 4.08. The van der Waals surface area contributed by atoms with Crippen molar-refractivity contribution in [2.45, 2.75) is 330 Å². The average Bonchev–Trinajstić information content (AvgIpc) is 3.30. The first kappa shape index (κ1) is 64.8. The molecule has 0 rings (SSSR count). The number of hydrogen-bond donors (Lipinski definition) is 0. The fraction of sp³-hybridized carbons (Fsp3) is 0.919. The van der Waals surface area contributed by atoms with Crippen LogP contribution in [-0.4, -0.2) is 43.1 Å². The summed E-state index contributed by atoms with van der Waals surface area (Å²) in [5, 5.41) is 0.500. The van der Waals surface area contributed by atoms with E-state index in [0.29, 0.717) is 17.5 Å². The van der Waals surface area contributed by atoms with E-state index in [1.54, 1.807) is 11.1 Å². The van der Waals surface area contributed by atoms with Crippen LogP contribution in [0.2, 0.25) is 0 Å². The summed E-state index contributed by atoms with van der Waals surface area (Å²) in [4.78, 5) is 15.0. The highest BCUT2D eigenvalue weighted by atomic mass is 19.2. The molecule has 66 heavy (non-hydrogen) atoms. The minimum atomic E-state index is -0.335. The van der Waals surface area contributed by atoms with Gasteiger partial charge in [0.05, 0.1) is 6.54 Å². The van der Waals surface area contributed by atoms with E-state index >= 15 is 0 Å². The van der Waals surface area contributed by atoms with Crippen LogP contribution in [0.15, 0.2) is 23.3 Å². The maximum Gasteiger partial charge on any atom is 0.253 e. The Morgan fingerprint density at radius 1 is 0.409 bits per heavy atom. The van der Waals surface area contributed by atoms with Crippen molar-refractivity contribution >= 4 is 5.91 Å². The van der Waals surface area contributed by atoms with Gasteiger partial charge in [-0.2, -0.15) is 5.12 Å². The summed E-state index contributed by atoms with van der Waals surface area (Å²) in [5.74, 6) is -0.325. The van der Waals surface area contributed by atoms with Gasteiger partial charge in [0.2, 0.25) is 0 Å². The van der Waals surface area contributed by atoms with E-state index in [1.807, 2.05) is 21.0 Å². The fourth-order valence-electron chi connectivity index (χ4n) is 10.2. The molecule has 0 aromatic heterocycles. The number of allylic oxidation sites excluding steroid dienone is 4. The van der Waals surface area contributed by atoms with Crippen LogP contribution in [0, 0.1) is 11.8 Å². The predicted molar refractivity (Wildman–Crippen MR) is 295 cm³/mol. The van der Waals surface area contributed by atoms with Crippen LogP contribution in [0.3, 0.4) is 0 Å². The van der Waals surface area contributed by atoms with Crippen molar-refractivity contribution in [1.29, 1.82) is 0 Å². The molecule has 0 aliphatic carbocycles. The molecule has 2 atom stereocenters. The van der Waals surface area contributed by atoms with Gasteiger partial charge in [0, 0.05) is 5.92 Å². The normalized spacial score (nSPS) is 13.3. The summed E-state index contributed by atoms with van der Waals surface area (Å²) in [6, 6.07) is 0. The van der Waals surface area contributed by atoms with Gasteiger partial charge in [-0.15, -0.1) is 0 Å². The van der Waals surface area contributed by atoms with Gasteiger partial charge in [0.1, 0.15) is 0 Å². The highest BCUT2D eigenvalue weighted by Crippen LogP contribution is 2.25. The van der Waals surface area contributed by atoms with Crippen molar-refractivity contribution in [2.24, 2.45) is 11.8 Å². The van der Waals surface area contributed by atoms with Gasteiger partial charge < -0.3 is 4.90 Å². The van der Waals surface area contributed by atoms with Crippen molar-refractivity contribution < 1.29 is 9.28 Å². The third-order valence-corrected chi connectivity index (χ3v) is 14.6. The molecule has 0 heterocycles. The number of rotatable bonds is 53. The highest BCUT2D eigenvalue weighted by molar-refractivity contribution is 5.77. The molecule has 1 amide bonds. The number of amides is 1. The Balaban J connectivity index is 4.88. The monoisotopic (exact) mass is 929 g/mol. The molecule has 4 heteroatoms. The Morgan fingerprint density at radius 2 is 0.712 bits per heavy atom. The Bertz CT molecular complexity index is 1050. The molecule has 0 spiro atoms. The lowest BCUT2D eigenvalue weighted by Crippen LogP contribution is -2.30. The van der Waals surface area contributed by atoms with Crippen LogP contribution in [0.5, 0.6) is 0 Å². The van der Waals surface area contributed by atoms with Gasteiger partial charge in [0.25, 0.3) is 5.91 Å². The number of hydrogen-bond acceptors (Lipinski definition) is 2. The second kappa shape index (κ2) is 51.7. The molecule has 0 aromatic carbocycles. The van der Waals surface area contributed by atoms with Crippen molar-refractivity contribution in [3.63, 3.8) is 0 Å². The van der Waals surface area contributed by atoms with Crippen LogP contribution in [0.1, 0.15) is 330 Å². The van der Waals surface area contributed by atoms with Crippen molar-refractivity contribution in [3.05, 3.63) is 23.3 Å². The maximum atomic E-state index is 14.8. The van der Waals surface area contributed by atoms with Gasteiger partial charge >= 0.3 is 0 Å². The number of carbonyl (C=O) groups is 1. The SMILES string of the molecule is CCCCCCCCCCCCCCCCCC/C(=C\C(C)CC(C)C(=O)N(F)CCCCN(C)C)CCCCCCC/C=C(/CCCCCCCCCC)CCCCCCCCCCC. The lowest BCUT2D eigenvalue weighted by atomic mass is 9.91. The summed E-state index contributed by atoms with van der Waals surface area (Å²) in [5.41, 5.74) is 3.37. The third kappa shape index (κ3) is 46.6. The minimum Gasteiger partial charge on any atom is -0.309 e. The summed E-state index contributed by atoms with van der Waals surface area (Å²) in [6.45, 7) is 12.3. The van der Waals surface area contributed by atoms with E-state index in [-0.39, 0.29) is 18.4 Å². The van der Waals surface area contributed by atoms with E-state index < -0.39 is 0 Å². The van der Waals surface area contributed by atoms with Crippen LogP contribution in [0.25, 0.3) is 0 Å². The van der Waals surface area contributed by atoms with E-state index in [1.165, 1.54) is 276 Å². The van der Waals surface area contributed by atoms with E-state index in [0.717, 1.165) is 19.4 Å². The Kier molecular flexibility index (Phi) is 50.8. The summed E-state index contributed by atoms with van der Waals surface area (Å²) < 4.78 is 14.8. The van der Waals surface area contributed by atoms with Gasteiger partial charge in [-0.25, -0.2) is 0 Å². The number of carbonyl (C=O) groups excluding carboxylic acids is 1. The quantitative estimate of drug-likeness (QED) is 0.0345. The second-order valence-corrected chi connectivity index (χ2v) is 21.9. The first-order chi connectivity index (χ1) is 32.2. The molecule has 2 unspecified atom stereocenters. The number of nitrogens with zero attached hydrogens (tertiary/aromatic N) is 2. The average molecular weight is 930 g/mol. The minimum absolute atomic E-state index is 0.210. The molecule has 0 N–H and O–H groups in total. The van der Waals surface area contributed by atoms with Gasteiger partial charge in [-0.3, -0.25) is 4.79 Å². The number of unbranched alkanes of at least 4 members (excludes halogenated alkanes) is 36. The standard InChI is InChI=1S/C62H121FN2O/c1-8-11-14-17-20-23-24-25-26-27-28-29-31-34-40-45-52-61(57-58(4)56-59(5)62(66)65(63)55-48-47-54-64(6)7)53-46-41-36-35-39-44-51-60(49-42-37-32-22-19-16-13-10-3)50-43-38-33-30-21-18-15-12-9-2/h51,57-59H,8-50,52-56H2,1-7H3/b60-51-,61-57+. The summed E-state index contributed by atoms with van der Waals surface area (Å²) >= 11 is 0. The topological polar surface area (TPSA) is 23.6 Å². The second-order valence-electron chi connectivity index (χ2n) is 21.9. The highest BCUT2D eigenvalue weighted by Gasteiger charge is 2.22. The molecule has 0 fully saturated rings. The zero-order chi connectivity index (χ0) is 48.4. The Morgan fingerprint density at radius 3 is 1.06 bits per heavy atom. The Labute approximate surface area is 415 Å². The molecule has 0 bridgehead atoms. The zero-order valence-corrected chi connectivity index (χ0v) is 46.4. The van der Waals surface area contributed by atoms with Gasteiger partial charge in [0.15, 0.2) is 0 Å². The molecular formula is C62H121FN2O. The molecule has 0 aliphatic heterocycles. The van der Waals surface area contributed by atoms with Crippen LogP contribution < -0.4 is 0 Å². The third-order valence-electron chi connectivity index (χ3n) is 14.6. The molecule has 3 nitrogen and oxygen atoms in total. The van der Waals surface area contributed by atoms with E-state index in [4.69, 9.17) is 0 Å². The van der Waals surface area contributed by atoms with Crippen molar-refractivity contribution in [3.8, 4) is 0 Å². The van der Waals surface area contributed by atoms with Crippen molar-refractivity contribution in [1.82, 2.24) is 10.0 Å². The molecule has 0 saturated carbocycles. The summed E-state index contributed by atoms with van der Waals surface area (Å²) in [6.07, 6.45) is 67.0. The smallest absolute Gasteiger partial charge is 0.253 e. The van der Waals surface area contributed by atoms with Gasteiger partial charge in [-0.1, -0.05) is 274 Å². The molecule has 0 aromatic rings. The van der Waals surface area contributed by atoms with Crippen molar-refractivity contribution in [2.75, 3.05) is 27.2 Å². The number of halogens is 1. The molecular weight excluding hydrogens is 808 g/mol. The lowest BCUT2D eigenvalue weighted by molar-refractivity contribution is -0.151. The van der Waals surface area contributed by atoms with Crippen LogP contribution >= 0.6 is 0 Å². The lowest BCUT2D eigenvalue weighted by Gasteiger charge is -2.20.